The van der Waals surface area contributed by atoms with E-state index in [1.807, 2.05) is 0 Å². The van der Waals surface area contributed by atoms with Crippen LogP contribution in [-0.4, -0.2) is 47.1 Å². The van der Waals surface area contributed by atoms with Crippen molar-refractivity contribution in [3.8, 4) is 0 Å². The van der Waals surface area contributed by atoms with E-state index < -0.39 is 0 Å². The predicted octanol–water partition coefficient (Wildman–Crippen LogP) is 3.37. The molecule has 0 unspecified atom stereocenters. The highest BCUT2D eigenvalue weighted by molar-refractivity contribution is 5.04. The van der Waals surface area contributed by atoms with E-state index in [1.165, 1.54) is 51.9 Å². The Morgan fingerprint density at radius 3 is 2.05 bits per heavy atom. The molecule has 1 aliphatic carbocycles. The lowest BCUT2D eigenvalue weighted by Crippen LogP contribution is -2.58. The molecular weight excluding hydrogens is 232 g/mol. The Hall–Kier alpha value is -0.0800. The average Bonchev–Trinajstić information content (AvgIpc) is 2.79. The van der Waals surface area contributed by atoms with Gasteiger partial charge in [0, 0.05) is 30.7 Å². The fourth-order valence-corrected chi connectivity index (χ4v) is 4.12. The maximum atomic E-state index is 2.79. The Kier molecular flexibility index (Phi) is 3.07. The monoisotopic (exact) mass is 264 g/mol. The number of nitrogens with zero attached hydrogens (tertiary/aromatic N) is 2. The minimum absolute atomic E-state index is 0.367. The van der Waals surface area contributed by atoms with E-state index in [1.54, 1.807) is 0 Å². The second kappa shape index (κ2) is 4.21. The summed E-state index contributed by atoms with van der Waals surface area (Å²) in [5.41, 5.74) is 1.56. The van der Waals surface area contributed by atoms with Crippen molar-refractivity contribution in [1.82, 2.24) is 9.80 Å². The van der Waals surface area contributed by atoms with E-state index in [4.69, 9.17) is 0 Å². The van der Waals surface area contributed by atoms with Crippen LogP contribution in [0.1, 0.15) is 60.3 Å². The zero-order chi connectivity index (χ0) is 13.9. The van der Waals surface area contributed by atoms with Gasteiger partial charge in [-0.25, -0.2) is 0 Å². The smallest absolute Gasteiger partial charge is 0.0157 e. The van der Waals surface area contributed by atoms with Crippen LogP contribution in [-0.2, 0) is 0 Å². The molecule has 2 heterocycles. The Morgan fingerprint density at radius 1 is 0.947 bits per heavy atom. The molecule has 110 valence electrons. The Balaban J connectivity index is 1.50. The molecule has 0 aromatic rings. The predicted molar refractivity (Wildman–Crippen MR) is 81.4 cm³/mol. The quantitative estimate of drug-likeness (QED) is 0.771. The highest BCUT2D eigenvalue weighted by atomic mass is 15.3. The fraction of sp³-hybridized carbons (Fsp3) is 1.00. The van der Waals surface area contributed by atoms with Crippen LogP contribution >= 0.6 is 0 Å². The molecule has 3 aliphatic rings. The van der Waals surface area contributed by atoms with E-state index >= 15 is 0 Å². The van der Waals surface area contributed by atoms with E-state index in [0.717, 1.165) is 11.3 Å². The summed E-state index contributed by atoms with van der Waals surface area (Å²) in [6, 6.07) is 0. The third-order valence-electron chi connectivity index (χ3n) is 5.95. The van der Waals surface area contributed by atoms with Crippen molar-refractivity contribution in [3.63, 3.8) is 0 Å². The molecule has 0 N–H and O–H groups in total. The molecule has 2 aliphatic heterocycles. The van der Waals surface area contributed by atoms with Crippen molar-refractivity contribution in [1.29, 1.82) is 0 Å². The molecule has 2 nitrogen and oxygen atoms in total. The fourth-order valence-electron chi connectivity index (χ4n) is 4.12. The van der Waals surface area contributed by atoms with Crippen molar-refractivity contribution < 1.29 is 0 Å². The van der Waals surface area contributed by atoms with Crippen LogP contribution in [0.2, 0.25) is 0 Å². The normalized spacial score (nSPS) is 28.9. The summed E-state index contributed by atoms with van der Waals surface area (Å²) >= 11 is 0. The summed E-state index contributed by atoms with van der Waals surface area (Å²) in [6.07, 6.45) is 5.85. The van der Waals surface area contributed by atoms with Gasteiger partial charge in [0.2, 0.25) is 0 Å². The first kappa shape index (κ1) is 13.9. The van der Waals surface area contributed by atoms with Gasteiger partial charge < -0.3 is 0 Å². The molecule has 0 bridgehead atoms. The van der Waals surface area contributed by atoms with Crippen LogP contribution in [0, 0.1) is 11.3 Å². The molecule has 3 rings (SSSR count). The number of likely N-dealkylation sites (tertiary alicyclic amines) is 2. The molecule has 1 spiro atoms. The molecule has 19 heavy (non-hydrogen) atoms. The number of hydrogen-bond donors (Lipinski definition) is 0. The van der Waals surface area contributed by atoms with Gasteiger partial charge in [0.15, 0.2) is 0 Å². The summed E-state index contributed by atoms with van der Waals surface area (Å²) in [6.45, 7) is 17.3. The largest absolute Gasteiger partial charge is 0.298 e. The SMILES string of the molecule is CC(C)(C)N1CC(CC(C)(C)N2CCC3(CC3)C2)C1. The van der Waals surface area contributed by atoms with Gasteiger partial charge in [0.05, 0.1) is 0 Å². The first-order valence-electron chi connectivity index (χ1n) is 8.20. The molecule has 0 amide bonds. The minimum Gasteiger partial charge on any atom is -0.298 e. The van der Waals surface area contributed by atoms with Gasteiger partial charge >= 0.3 is 0 Å². The zero-order valence-electron chi connectivity index (χ0n) is 13.6. The highest BCUT2D eigenvalue weighted by Gasteiger charge is 2.51. The zero-order valence-corrected chi connectivity index (χ0v) is 13.6. The summed E-state index contributed by atoms with van der Waals surface area (Å²) in [5.74, 6) is 0.921. The molecule has 0 radical (unpaired) electrons. The molecule has 3 fully saturated rings. The van der Waals surface area contributed by atoms with Gasteiger partial charge in [-0.2, -0.15) is 0 Å². The van der Waals surface area contributed by atoms with Crippen LogP contribution in [0.4, 0.5) is 0 Å². The topological polar surface area (TPSA) is 6.48 Å². The van der Waals surface area contributed by atoms with Crippen molar-refractivity contribution in [3.05, 3.63) is 0 Å². The maximum Gasteiger partial charge on any atom is 0.0157 e. The van der Waals surface area contributed by atoms with Crippen LogP contribution in [0.15, 0.2) is 0 Å². The maximum absolute atomic E-state index is 2.79. The van der Waals surface area contributed by atoms with Gasteiger partial charge in [-0.05, 0) is 78.2 Å². The minimum atomic E-state index is 0.367. The summed E-state index contributed by atoms with van der Waals surface area (Å²) in [7, 11) is 0. The molecule has 2 heteroatoms. The van der Waals surface area contributed by atoms with E-state index in [9.17, 15) is 0 Å². The molecule has 1 saturated carbocycles. The Morgan fingerprint density at radius 2 is 1.58 bits per heavy atom. The molecule has 0 atom stereocenters. The second-order valence-electron chi connectivity index (χ2n) is 9.13. The van der Waals surface area contributed by atoms with Crippen molar-refractivity contribution in [2.24, 2.45) is 11.3 Å². The average molecular weight is 264 g/mol. The van der Waals surface area contributed by atoms with Crippen molar-refractivity contribution >= 4 is 0 Å². The van der Waals surface area contributed by atoms with Crippen molar-refractivity contribution in [2.45, 2.75) is 71.4 Å². The third kappa shape index (κ3) is 2.71. The molecule has 0 aromatic carbocycles. The lowest BCUT2D eigenvalue weighted by atomic mass is 9.82. The summed E-state index contributed by atoms with van der Waals surface area (Å²) in [5, 5.41) is 0. The lowest BCUT2D eigenvalue weighted by molar-refractivity contribution is -0.0148. The van der Waals surface area contributed by atoms with Gasteiger partial charge in [-0.3, -0.25) is 9.80 Å². The standard InChI is InChI=1S/C17H32N2/c1-15(2,3)19-11-14(12-19)10-16(4,5)18-9-8-17(13-18)6-7-17/h14H,6-13H2,1-5H3. The van der Waals surface area contributed by atoms with E-state index in [-0.39, 0.29) is 0 Å². The third-order valence-corrected chi connectivity index (χ3v) is 5.95. The molecule has 2 saturated heterocycles. The van der Waals surface area contributed by atoms with Crippen molar-refractivity contribution in [2.75, 3.05) is 26.2 Å². The van der Waals surface area contributed by atoms with Gasteiger partial charge in [-0.1, -0.05) is 0 Å². The Bertz CT molecular complexity index is 343. The molecular formula is C17H32N2. The lowest BCUT2D eigenvalue weighted by Gasteiger charge is -2.51. The summed E-state index contributed by atoms with van der Waals surface area (Å²) < 4.78 is 0. The van der Waals surface area contributed by atoms with Crippen LogP contribution in [0.5, 0.6) is 0 Å². The first-order chi connectivity index (χ1) is 8.70. The van der Waals surface area contributed by atoms with Gasteiger partial charge in [0.25, 0.3) is 0 Å². The number of hydrogen-bond acceptors (Lipinski definition) is 2. The van der Waals surface area contributed by atoms with Gasteiger partial charge in [0.1, 0.15) is 0 Å². The number of rotatable bonds is 3. The van der Waals surface area contributed by atoms with Gasteiger partial charge in [-0.15, -0.1) is 0 Å². The van der Waals surface area contributed by atoms with E-state index in [2.05, 4.69) is 44.4 Å². The van der Waals surface area contributed by atoms with E-state index in [0.29, 0.717) is 11.1 Å². The highest BCUT2D eigenvalue weighted by Crippen LogP contribution is 2.54. The second-order valence-corrected chi connectivity index (χ2v) is 9.13. The summed E-state index contributed by atoms with van der Waals surface area (Å²) in [4.78, 5) is 5.42. The Labute approximate surface area is 119 Å². The first-order valence-corrected chi connectivity index (χ1v) is 8.20. The van der Waals surface area contributed by atoms with Crippen LogP contribution < -0.4 is 0 Å². The van der Waals surface area contributed by atoms with Crippen LogP contribution in [0.3, 0.4) is 0 Å². The van der Waals surface area contributed by atoms with Crippen LogP contribution in [0.25, 0.3) is 0 Å². The molecule has 0 aromatic heterocycles.